The van der Waals surface area contributed by atoms with E-state index in [1.54, 1.807) is 19.1 Å². The van der Waals surface area contributed by atoms with Crippen LogP contribution in [0.1, 0.15) is 13.3 Å². The molecule has 112 valence electrons. The van der Waals surface area contributed by atoms with Crippen LogP contribution in [0, 0.1) is 5.92 Å². The molecule has 1 aromatic carbocycles. The first-order valence-electron chi connectivity index (χ1n) is 7.06. The van der Waals surface area contributed by atoms with E-state index in [0.717, 1.165) is 25.3 Å². The topological polar surface area (TPSA) is 61.4 Å². The van der Waals surface area contributed by atoms with Gasteiger partial charge in [0.1, 0.15) is 0 Å². The number of nitrogens with one attached hydrogen (secondary N) is 2. The lowest BCUT2D eigenvalue weighted by atomic mass is 10.1. The smallest absolute Gasteiger partial charge is 0.240 e. The molecule has 1 heterocycles. The summed E-state index contributed by atoms with van der Waals surface area (Å²) in [7, 11) is -1.37. The Balaban J connectivity index is 2.06. The van der Waals surface area contributed by atoms with Crippen LogP contribution in [-0.2, 0) is 10.0 Å². The molecule has 0 radical (unpaired) electrons. The summed E-state index contributed by atoms with van der Waals surface area (Å²) in [5, 5.41) is 3.21. The third-order valence-electron chi connectivity index (χ3n) is 3.63. The van der Waals surface area contributed by atoms with Crippen LogP contribution in [0.15, 0.2) is 29.2 Å². The van der Waals surface area contributed by atoms with Crippen molar-refractivity contribution in [2.45, 2.75) is 18.2 Å². The number of anilines is 1. The maximum atomic E-state index is 11.9. The van der Waals surface area contributed by atoms with Crippen molar-refractivity contribution in [1.29, 1.82) is 0 Å². The zero-order valence-electron chi connectivity index (χ0n) is 12.1. The summed E-state index contributed by atoms with van der Waals surface area (Å²) in [5.41, 5.74) is 1.10. The molecule has 1 aliphatic rings. The number of benzene rings is 1. The summed E-state index contributed by atoms with van der Waals surface area (Å²) in [4.78, 5) is 2.64. The summed E-state index contributed by atoms with van der Waals surface area (Å²) in [6.07, 6.45) is 1.18. The second-order valence-electron chi connectivity index (χ2n) is 5.15. The number of sulfonamides is 1. The highest BCUT2D eigenvalue weighted by atomic mass is 32.2. The fourth-order valence-corrected chi connectivity index (χ4v) is 3.67. The summed E-state index contributed by atoms with van der Waals surface area (Å²) < 4.78 is 26.2. The SMILES string of the molecule is CCNS(=O)(=O)c1ccc(N2CCC(CNC)C2)cc1. The lowest BCUT2D eigenvalue weighted by molar-refractivity contribution is 0.549. The van der Waals surface area contributed by atoms with Gasteiger partial charge in [-0.15, -0.1) is 0 Å². The molecule has 5 nitrogen and oxygen atoms in total. The highest BCUT2D eigenvalue weighted by molar-refractivity contribution is 7.89. The normalized spacial score (nSPS) is 19.5. The van der Waals surface area contributed by atoms with Crippen molar-refractivity contribution in [3.8, 4) is 0 Å². The average molecular weight is 297 g/mol. The number of nitrogens with zero attached hydrogens (tertiary/aromatic N) is 1. The molecule has 0 aliphatic carbocycles. The molecule has 1 fully saturated rings. The van der Waals surface area contributed by atoms with Gasteiger partial charge < -0.3 is 10.2 Å². The molecular weight excluding hydrogens is 274 g/mol. The molecule has 0 amide bonds. The van der Waals surface area contributed by atoms with Crippen LogP contribution in [0.2, 0.25) is 0 Å². The maximum absolute atomic E-state index is 11.9. The Kier molecular flexibility index (Phi) is 5.01. The number of hydrogen-bond acceptors (Lipinski definition) is 4. The highest BCUT2D eigenvalue weighted by Crippen LogP contribution is 2.24. The lowest BCUT2D eigenvalue weighted by Gasteiger charge is -2.19. The van der Waals surface area contributed by atoms with Gasteiger partial charge in [-0.3, -0.25) is 0 Å². The van der Waals surface area contributed by atoms with Crippen molar-refractivity contribution in [1.82, 2.24) is 10.0 Å². The molecule has 1 atom stereocenters. The third-order valence-corrected chi connectivity index (χ3v) is 5.19. The van der Waals surface area contributed by atoms with E-state index in [9.17, 15) is 8.42 Å². The minimum atomic E-state index is -3.35. The van der Waals surface area contributed by atoms with Gasteiger partial charge in [0.2, 0.25) is 10.0 Å². The Bertz CT molecular complexity index is 528. The predicted molar refractivity (Wildman–Crippen MR) is 81.6 cm³/mol. The molecule has 20 heavy (non-hydrogen) atoms. The lowest BCUT2D eigenvalue weighted by Crippen LogP contribution is -2.25. The molecule has 1 unspecified atom stereocenters. The van der Waals surface area contributed by atoms with Crippen LogP contribution in [-0.4, -0.2) is 41.6 Å². The van der Waals surface area contributed by atoms with Crippen LogP contribution in [0.4, 0.5) is 5.69 Å². The van der Waals surface area contributed by atoms with Crippen LogP contribution in [0.5, 0.6) is 0 Å². The zero-order valence-corrected chi connectivity index (χ0v) is 12.9. The van der Waals surface area contributed by atoms with Crippen LogP contribution < -0.4 is 14.9 Å². The molecule has 0 spiro atoms. The average Bonchev–Trinajstić information content (AvgIpc) is 2.88. The quantitative estimate of drug-likeness (QED) is 0.823. The van der Waals surface area contributed by atoms with Crippen molar-refractivity contribution in [2.24, 2.45) is 5.92 Å². The molecule has 0 aromatic heterocycles. The Morgan fingerprint density at radius 3 is 2.60 bits per heavy atom. The van der Waals surface area contributed by atoms with Crippen LogP contribution >= 0.6 is 0 Å². The summed E-state index contributed by atoms with van der Waals surface area (Å²) in [6.45, 7) is 5.27. The molecule has 2 N–H and O–H groups in total. The van der Waals surface area contributed by atoms with Crippen LogP contribution in [0.3, 0.4) is 0 Å². The Labute approximate surface area is 121 Å². The van der Waals surface area contributed by atoms with Crippen molar-refractivity contribution in [3.05, 3.63) is 24.3 Å². The van der Waals surface area contributed by atoms with Gasteiger partial charge in [0.15, 0.2) is 0 Å². The van der Waals surface area contributed by atoms with Gasteiger partial charge in [0.25, 0.3) is 0 Å². The minimum Gasteiger partial charge on any atom is -0.371 e. The second kappa shape index (κ2) is 6.56. The molecule has 6 heteroatoms. The first-order chi connectivity index (χ1) is 9.56. The van der Waals surface area contributed by atoms with E-state index in [-0.39, 0.29) is 0 Å². The number of rotatable bonds is 6. The van der Waals surface area contributed by atoms with E-state index >= 15 is 0 Å². The fourth-order valence-electron chi connectivity index (χ4n) is 2.63. The van der Waals surface area contributed by atoms with Crippen molar-refractivity contribution in [2.75, 3.05) is 38.1 Å². The summed E-state index contributed by atoms with van der Waals surface area (Å²) in [5.74, 6) is 0.671. The van der Waals surface area contributed by atoms with Gasteiger partial charge in [-0.1, -0.05) is 6.92 Å². The standard InChI is InChI=1S/C14H23N3O2S/c1-3-16-20(18,19)14-6-4-13(5-7-14)17-9-8-12(11-17)10-15-2/h4-7,12,15-16H,3,8-11H2,1-2H3. The second-order valence-corrected chi connectivity index (χ2v) is 6.92. The van der Waals surface area contributed by atoms with E-state index in [0.29, 0.717) is 17.4 Å². The molecule has 1 aromatic rings. The Morgan fingerprint density at radius 1 is 1.30 bits per heavy atom. The summed E-state index contributed by atoms with van der Waals surface area (Å²) in [6, 6.07) is 7.15. The van der Waals surface area contributed by atoms with Crippen LogP contribution in [0.25, 0.3) is 0 Å². The predicted octanol–water partition coefficient (Wildman–Crippen LogP) is 1.03. The Morgan fingerprint density at radius 2 is 2.00 bits per heavy atom. The molecule has 0 bridgehead atoms. The van der Waals surface area contributed by atoms with E-state index < -0.39 is 10.0 Å². The minimum absolute atomic E-state index is 0.328. The molecule has 2 rings (SSSR count). The van der Waals surface area contributed by atoms with Gasteiger partial charge in [-0.05, 0) is 50.2 Å². The van der Waals surface area contributed by atoms with Crippen molar-refractivity contribution < 1.29 is 8.42 Å². The highest BCUT2D eigenvalue weighted by Gasteiger charge is 2.22. The van der Waals surface area contributed by atoms with Crippen molar-refractivity contribution >= 4 is 15.7 Å². The largest absolute Gasteiger partial charge is 0.371 e. The number of hydrogen-bond donors (Lipinski definition) is 2. The zero-order chi connectivity index (χ0) is 14.6. The van der Waals surface area contributed by atoms with E-state index in [4.69, 9.17) is 0 Å². The van der Waals surface area contributed by atoms with Gasteiger partial charge in [0, 0.05) is 25.3 Å². The van der Waals surface area contributed by atoms with E-state index in [2.05, 4.69) is 14.9 Å². The fraction of sp³-hybridized carbons (Fsp3) is 0.571. The molecular formula is C14H23N3O2S. The van der Waals surface area contributed by atoms with Gasteiger partial charge in [-0.2, -0.15) is 0 Å². The third kappa shape index (κ3) is 3.50. The maximum Gasteiger partial charge on any atom is 0.240 e. The van der Waals surface area contributed by atoms with Gasteiger partial charge >= 0.3 is 0 Å². The first-order valence-corrected chi connectivity index (χ1v) is 8.54. The molecule has 1 aliphatic heterocycles. The monoisotopic (exact) mass is 297 g/mol. The van der Waals surface area contributed by atoms with Gasteiger partial charge in [0.05, 0.1) is 4.90 Å². The molecule has 1 saturated heterocycles. The van der Waals surface area contributed by atoms with E-state index in [1.807, 2.05) is 19.2 Å². The van der Waals surface area contributed by atoms with Crippen molar-refractivity contribution in [3.63, 3.8) is 0 Å². The Hall–Kier alpha value is -1.11. The first kappa shape index (κ1) is 15.3. The van der Waals surface area contributed by atoms with E-state index in [1.165, 1.54) is 6.42 Å². The molecule has 0 saturated carbocycles. The van der Waals surface area contributed by atoms with Gasteiger partial charge in [-0.25, -0.2) is 13.1 Å². The summed E-state index contributed by atoms with van der Waals surface area (Å²) >= 11 is 0.